The van der Waals surface area contributed by atoms with Crippen LogP contribution >= 0.6 is 58.0 Å². The minimum absolute atomic E-state index is 0.00904. The number of hydrogen-bond acceptors (Lipinski definition) is 3. The maximum absolute atomic E-state index is 11.9. The molecule has 0 unspecified atom stereocenters. The summed E-state index contributed by atoms with van der Waals surface area (Å²) in [6, 6.07) is 0. The van der Waals surface area contributed by atoms with E-state index >= 15 is 0 Å². The first kappa shape index (κ1) is 26.2. The molecule has 184 valence electrons. The van der Waals surface area contributed by atoms with Crippen LogP contribution in [0.25, 0.3) is 0 Å². The maximum atomic E-state index is 11.9. The third-order valence-electron chi connectivity index (χ3n) is 9.62. The molecule has 33 heavy (non-hydrogen) atoms. The highest BCUT2D eigenvalue weighted by Crippen LogP contribution is 2.65. The molecular weight excluding hydrogens is 526 g/mol. The van der Waals surface area contributed by atoms with Gasteiger partial charge in [0.15, 0.2) is 5.75 Å². The molecule has 3 nitrogen and oxygen atoms in total. The van der Waals surface area contributed by atoms with Crippen LogP contribution in [-0.4, -0.2) is 22.1 Å². The molecule has 4 fully saturated rings. The number of phenols is 1. The monoisotopic (exact) mass is 554 g/mol. The Morgan fingerprint density at radius 2 is 1.33 bits per heavy atom. The molecule has 1 aromatic rings. The molecule has 0 saturated heterocycles. The van der Waals surface area contributed by atoms with Gasteiger partial charge in [0.1, 0.15) is 15.8 Å². The summed E-state index contributed by atoms with van der Waals surface area (Å²) >= 11 is 27.9. The summed E-state index contributed by atoms with van der Waals surface area (Å²) in [5.41, 5.74) is 0.598. The Balaban J connectivity index is 0.000000185. The summed E-state index contributed by atoms with van der Waals surface area (Å²) in [5.74, 6) is 3.16. The number of rotatable bonds is 0. The highest BCUT2D eigenvalue weighted by molar-refractivity contribution is 6.55. The normalized spacial score (nSPS) is 39.8. The lowest BCUT2D eigenvalue weighted by molar-refractivity contribution is -0.141. The number of carbonyl (C=O) groups excluding carboxylic acids is 1. The zero-order valence-corrected chi connectivity index (χ0v) is 22.7. The van der Waals surface area contributed by atoms with E-state index in [1.54, 1.807) is 0 Å². The topological polar surface area (TPSA) is 57.5 Å². The number of halogens is 5. The van der Waals surface area contributed by atoms with Crippen molar-refractivity contribution in [2.75, 3.05) is 0 Å². The Labute approximate surface area is 221 Å². The molecule has 4 saturated carbocycles. The zero-order valence-electron chi connectivity index (χ0n) is 18.9. The van der Waals surface area contributed by atoms with Crippen LogP contribution in [0.5, 0.6) is 5.75 Å². The highest BCUT2D eigenvalue weighted by atomic mass is 35.5. The molecule has 0 aromatic heterocycles. The van der Waals surface area contributed by atoms with Gasteiger partial charge in [-0.2, -0.15) is 0 Å². The Kier molecular flexibility index (Phi) is 7.55. The molecule has 0 aliphatic heterocycles. The van der Waals surface area contributed by atoms with E-state index < -0.39 is 0 Å². The van der Waals surface area contributed by atoms with Gasteiger partial charge in [0.25, 0.3) is 0 Å². The van der Waals surface area contributed by atoms with Crippen molar-refractivity contribution in [3.05, 3.63) is 25.1 Å². The number of fused-ring (bicyclic) bond motifs is 5. The molecule has 0 amide bonds. The van der Waals surface area contributed by atoms with E-state index in [1.807, 2.05) is 0 Å². The number of hydrogen-bond donors (Lipinski definition) is 2. The van der Waals surface area contributed by atoms with E-state index in [-0.39, 0.29) is 42.4 Å². The average molecular weight is 557 g/mol. The quantitative estimate of drug-likeness (QED) is 0.248. The van der Waals surface area contributed by atoms with Crippen LogP contribution in [0.15, 0.2) is 0 Å². The van der Waals surface area contributed by atoms with Crippen molar-refractivity contribution in [1.82, 2.24) is 0 Å². The lowest BCUT2D eigenvalue weighted by Crippen LogP contribution is -2.54. The molecule has 0 spiro atoms. The van der Waals surface area contributed by atoms with Gasteiger partial charge in [0, 0.05) is 12.8 Å². The number of aromatic hydroxyl groups is 1. The molecule has 0 radical (unpaired) electrons. The minimum atomic E-state index is -0.363. The SMILES string of the molecule is C[C@]12CCC(=O)C[C@@H]1CC[C@@H]1[C@@H]2CC[C@]2(C)[C@@H](O)CC[C@@H]12.Oc1c(Cl)c(Cl)c(Cl)c(Cl)c1Cl. The Morgan fingerprint density at radius 3 is 1.97 bits per heavy atom. The first-order valence-electron chi connectivity index (χ1n) is 11.8. The minimum Gasteiger partial charge on any atom is -0.505 e. The van der Waals surface area contributed by atoms with Crippen LogP contribution in [0.3, 0.4) is 0 Å². The summed E-state index contributed by atoms with van der Waals surface area (Å²) in [5, 5.41) is 19.5. The van der Waals surface area contributed by atoms with E-state index in [0.29, 0.717) is 17.1 Å². The van der Waals surface area contributed by atoms with Gasteiger partial charge in [-0.1, -0.05) is 71.9 Å². The first-order chi connectivity index (χ1) is 15.4. The van der Waals surface area contributed by atoms with Crippen LogP contribution in [0.2, 0.25) is 25.1 Å². The molecule has 0 bridgehead atoms. The second-order valence-corrected chi connectivity index (χ2v) is 12.8. The Bertz CT molecular complexity index is 847. The number of benzene rings is 1. The number of ketones is 1. The molecule has 1 aromatic carbocycles. The number of carbonyl (C=O) groups is 1. The van der Waals surface area contributed by atoms with Crippen LogP contribution in [0.1, 0.15) is 71.6 Å². The number of phenolic OH excluding ortho intramolecular Hbond substituents is 1. The van der Waals surface area contributed by atoms with E-state index in [1.165, 1.54) is 32.1 Å². The van der Waals surface area contributed by atoms with Crippen LogP contribution in [0, 0.1) is 34.5 Å². The Morgan fingerprint density at radius 1 is 0.758 bits per heavy atom. The predicted molar refractivity (Wildman–Crippen MR) is 136 cm³/mol. The molecule has 2 N–H and O–H groups in total. The summed E-state index contributed by atoms with van der Waals surface area (Å²) in [6.45, 7) is 4.85. The third-order valence-corrected chi connectivity index (χ3v) is 11.9. The van der Waals surface area contributed by atoms with Crippen molar-refractivity contribution >= 4 is 63.8 Å². The van der Waals surface area contributed by atoms with Crippen LogP contribution < -0.4 is 0 Å². The number of aliphatic hydroxyl groups is 1. The van der Waals surface area contributed by atoms with Gasteiger partial charge < -0.3 is 10.2 Å². The van der Waals surface area contributed by atoms with Crippen LogP contribution in [0.4, 0.5) is 0 Å². The summed E-state index contributed by atoms with van der Waals surface area (Å²) in [6.07, 6.45) is 10.0. The van der Waals surface area contributed by atoms with Gasteiger partial charge in [0.05, 0.1) is 21.2 Å². The van der Waals surface area contributed by atoms with Crippen molar-refractivity contribution in [3.63, 3.8) is 0 Å². The second kappa shape index (κ2) is 9.52. The van der Waals surface area contributed by atoms with E-state index in [2.05, 4.69) is 13.8 Å². The van der Waals surface area contributed by atoms with Crippen molar-refractivity contribution in [2.24, 2.45) is 34.5 Å². The van der Waals surface area contributed by atoms with Crippen LogP contribution in [-0.2, 0) is 4.79 Å². The van der Waals surface area contributed by atoms with Gasteiger partial charge in [-0.05, 0) is 79.4 Å². The standard InChI is InChI=1S/C19H30O2.C6HCl5O/c1-18-9-7-13(20)11-12(18)3-4-14-15-5-6-17(21)19(15,2)10-8-16(14)18;7-1-2(8)4(10)6(12)5(11)3(1)9/h12,14-17,21H,3-11H2,1-2H3;12H/t12-,14-,15-,16-,17-,18-,19-;/m0./s1. The van der Waals surface area contributed by atoms with Gasteiger partial charge in [-0.25, -0.2) is 0 Å². The van der Waals surface area contributed by atoms with Gasteiger partial charge in [-0.3, -0.25) is 4.79 Å². The van der Waals surface area contributed by atoms with Crippen molar-refractivity contribution in [1.29, 1.82) is 0 Å². The summed E-state index contributed by atoms with van der Waals surface area (Å²) in [7, 11) is 0. The highest BCUT2D eigenvalue weighted by Gasteiger charge is 2.59. The third kappa shape index (κ3) is 4.31. The van der Waals surface area contributed by atoms with E-state index in [0.717, 1.165) is 43.4 Å². The number of aliphatic hydroxyl groups excluding tert-OH is 1. The van der Waals surface area contributed by atoms with Crippen molar-refractivity contribution in [2.45, 2.75) is 77.7 Å². The maximum Gasteiger partial charge on any atom is 0.155 e. The molecule has 8 heteroatoms. The van der Waals surface area contributed by atoms with Crippen molar-refractivity contribution < 1.29 is 15.0 Å². The van der Waals surface area contributed by atoms with E-state index in [9.17, 15) is 15.0 Å². The summed E-state index contributed by atoms with van der Waals surface area (Å²) in [4.78, 5) is 11.9. The fraction of sp³-hybridized carbons (Fsp3) is 0.720. The fourth-order valence-electron chi connectivity index (χ4n) is 7.61. The van der Waals surface area contributed by atoms with Gasteiger partial charge in [0.2, 0.25) is 0 Å². The molecule has 4 aliphatic rings. The van der Waals surface area contributed by atoms with E-state index in [4.69, 9.17) is 58.0 Å². The Hall–Kier alpha value is 0.1000. The largest absolute Gasteiger partial charge is 0.505 e. The molecule has 7 atom stereocenters. The zero-order chi connectivity index (χ0) is 24.3. The summed E-state index contributed by atoms with van der Waals surface area (Å²) < 4.78 is 0. The van der Waals surface area contributed by atoms with Gasteiger partial charge >= 0.3 is 0 Å². The molecular formula is C25H31Cl5O3. The average Bonchev–Trinajstić information content (AvgIpc) is 3.10. The molecule has 0 heterocycles. The first-order valence-corrected chi connectivity index (χ1v) is 13.7. The van der Waals surface area contributed by atoms with Gasteiger partial charge in [-0.15, -0.1) is 0 Å². The second-order valence-electron chi connectivity index (χ2n) is 11.0. The lowest BCUT2D eigenvalue weighted by Gasteiger charge is -2.60. The predicted octanol–water partition coefficient (Wildman–Crippen LogP) is 8.62. The molecule has 4 aliphatic carbocycles. The fourth-order valence-corrected chi connectivity index (χ4v) is 8.74. The molecule has 5 rings (SSSR count). The van der Waals surface area contributed by atoms with Crippen molar-refractivity contribution in [3.8, 4) is 5.75 Å². The lowest BCUT2D eigenvalue weighted by atomic mass is 9.45. The smallest absolute Gasteiger partial charge is 0.155 e. The number of Topliss-reactive ketones (excluding diaryl/α,β-unsaturated/α-hetero) is 1.